The molecule has 278 valence electrons. The number of carbonyl (C=O) groups is 2. The molecule has 4 rings (SSSR count). The van der Waals surface area contributed by atoms with E-state index in [2.05, 4.69) is 49.0 Å². The van der Waals surface area contributed by atoms with Gasteiger partial charge in [0.2, 0.25) is 5.91 Å². The quantitative estimate of drug-likeness (QED) is 0.0730. The summed E-state index contributed by atoms with van der Waals surface area (Å²) in [7, 11) is 1.40. The SMILES string of the molecule is COC(=O)C(CC(C)C)NC(=O)CCCC1CCC2C3CCC4CC(NCCCNCCCCNCCCN)CCC4(C)C3CCC12C. The maximum Gasteiger partial charge on any atom is 0.328 e. The van der Waals surface area contributed by atoms with Crippen LogP contribution in [0.15, 0.2) is 0 Å². The van der Waals surface area contributed by atoms with Crippen molar-refractivity contribution in [2.45, 2.75) is 149 Å². The van der Waals surface area contributed by atoms with E-state index >= 15 is 0 Å². The lowest BCUT2D eigenvalue weighted by atomic mass is 9.44. The number of methoxy groups -OCH3 is 1. The molecule has 1 amide bonds. The molecule has 0 aromatic carbocycles. The zero-order valence-electron chi connectivity index (χ0n) is 31.7. The number of hydrogen-bond acceptors (Lipinski definition) is 7. The number of nitrogens with two attached hydrogens (primary N) is 1. The first-order valence-electron chi connectivity index (χ1n) is 20.3. The highest BCUT2D eigenvalue weighted by Gasteiger charge is 2.59. The van der Waals surface area contributed by atoms with Crippen molar-refractivity contribution in [2.24, 2.45) is 52.1 Å². The first-order chi connectivity index (χ1) is 23.1. The van der Waals surface area contributed by atoms with Gasteiger partial charge in [-0.2, -0.15) is 0 Å². The summed E-state index contributed by atoms with van der Waals surface area (Å²) in [6.07, 6.45) is 20.4. The maximum atomic E-state index is 12.8. The summed E-state index contributed by atoms with van der Waals surface area (Å²) in [5, 5.41) is 14.0. The van der Waals surface area contributed by atoms with Gasteiger partial charge in [-0.05, 0) is 188 Å². The Morgan fingerprint density at radius 2 is 1.50 bits per heavy atom. The molecule has 0 spiro atoms. The van der Waals surface area contributed by atoms with E-state index in [0.717, 1.165) is 88.1 Å². The fourth-order valence-electron chi connectivity index (χ4n) is 11.1. The van der Waals surface area contributed by atoms with Crippen molar-refractivity contribution in [3.05, 3.63) is 0 Å². The number of nitrogens with one attached hydrogen (secondary N) is 4. The Kier molecular flexibility index (Phi) is 16.0. The fraction of sp³-hybridized carbons (Fsp3) is 0.950. The number of esters is 1. The number of hydrogen-bond donors (Lipinski definition) is 5. The second kappa shape index (κ2) is 19.4. The first-order valence-corrected chi connectivity index (χ1v) is 20.3. The molecule has 4 fully saturated rings. The maximum absolute atomic E-state index is 12.8. The third-order valence-corrected chi connectivity index (χ3v) is 13.8. The molecule has 8 nitrogen and oxygen atoms in total. The average Bonchev–Trinajstić information content (AvgIpc) is 3.40. The van der Waals surface area contributed by atoms with Crippen LogP contribution in [0.3, 0.4) is 0 Å². The fourth-order valence-corrected chi connectivity index (χ4v) is 11.1. The highest BCUT2D eigenvalue weighted by atomic mass is 16.5. The predicted octanol–water partition coefficient (Wildman–Crippen LogP) is 6.18. The van der Waals surface area contributed by atoms with Crippen molar-refractivity contribution in [1.82, 2.24) is 21.3 Å². The van der Waals surface area contributed by atoms with Crippen LogP contribution in [0.25, 0.3) is 0 Å². The molecule has 8 heteroatoms. The summed E-state index contributed by atoms with van der Waals surface area (Å²) in [6, 6.07) is 0.172. The molecule has 4 aliphatic carbocycles. The number of ether oxygens (including phenoxy) is 1. The Morgan fingerprint density at radius 1 is 0.812 bits per heavy atom. The number of amides is 1. The third kappa shape index (κ3) is 10.4. The van der Waals surface area contributed by atoms with Crippen LogP contribution in [0.1, 0.15) is 137 Å². The van der Waals surface area contributed by atoms with E-state index in [0.29, 0.717) is 35.6 Å². The largest absolute Gasteiger partial charge is 0.467 e. The van der Waals surface area contributed by atoms with Gasteiger partial charge in [0.15, 0.2) is 0 Å². The molecular formula is C40H75N5O3. The van der Waals surface area contributed by atoms with Gasteiger partial charge < -0.3 is 31.7 Å². The zero-order chi connectivity index (χ0) is 34.6. The highest BCUT2D eigenvalue weighted by molar-refractivity contribution is 5.84. The second-order valence-corrected chi connectivity index (χ2v) is 17.3. The van der Waals surface area contributed by atoms with Gasteiger partial charge in [0.1, 0.15) is 6.04 Å². The Balaban J connectivity index is 1.15. The minimum Gasteiger partial charge on any atom is -0.467 e. The van der Waals surface area contributed by atoms with Gasteiger partial charge >= 0.3 is 5.97 Å². The summed E-state index contributed by atoms with van der Waals surface area (Å²) < 4.78 is 4.94. The Morgan fingerprint density at radius 3 is 2.21 bits per heavy atom. The van der Waals surface area contributed by atoms with Crippen LogP contribution in [-0.2, 0) is 14.3 Å². The van der Waals surface area contributed by atoms with Crippen LogP contribution in [-0.4, -0.2) is 70.3 Å². The van der Waals surface area contributed by atoms with E-state index in [1.54, 1.807) is 0 Å². The molecule has 0 saturated heterocycles. The first kappa shape index (κ1) is 39.6. The van der Waals surface area contributed by atoms with E-state index in [9.17, 15) is 9.59 Å². The molecule has 0 radical (unpaired) electrons. The van der Waals surface area contributed by atoms with E-state index in [4.69, 9.17) is 10.5 Å². The lowest BCUT2D eigenvalue weighted by molar-refractivity contribution is -0.145. The molecule has 9 unspecified atom stereocenters. The van der Waals surface area contributed by atoms with E-state index in [-0.39, 0.29) is 11.9 Å². The summed E-state index contributed by atoms with van der Waals surface area (Å²) in [4.78, 5) is 25.0. The van der Waals surface area contributed by atoms with Crippen molar-refractivity contribution >= 4 is 11.9 Å². The number of carbonyl (C=O) groups excluding carboxylic acids is 2. The second-order valence-electron chi connectivity index (χ2n) is 17.3. The Hall–Kier alpha value is -1.22. The van der Waals surface area contributed by atoms with Crippen LogP contribution in [0.5, 0.6) is 0 Å². The predicted molar refractivity (Wildman–Crippen MR) is 198 cm³/mol. The number of unbranched alkanes of at least 4 members (excludes halogenated alkanes) is 1. The number of rotatable bonds is 21. The normalized spacial score (nSPS) is 33.5. The van der Waals surface area contributed by atoms with Crippen molar-refractivity contribution in [3.8, 4) is 0 Å². The van der Waals surface area contributed by atoms with Crippen molar-refractivity contribution in [2.75, 3.05) is 46.4 Å². The van der Waals surface area contributed by atoms with Gasteiger partial charge in [-0.25, -0.2) is 4.79 Å². The minimum atomic E-state index is -0.532. The molecule has 0 bridgehead atoms. The van der Waals surface area contributed by atoms with E-state index in [1.165, 1.54) is 84.2 Å². The molecule has 0 aliphatic heterocycles. The molecule has 6 N–H and O–H groups in total. The lowest BCUT2D eigenvalue weighted by Crippen LogP contribution is -2.55. The van der Waals surface area contributed by atoms with Gasteiger partial charge in [-0.1, -0.05) is 27.7 Å². The molecular weight excluding hydrogens is 598 g/mol. The standard InChI is InChI=1S/C40H75N5O3/c1-29(2)27-36(38(47)48-5)45-37(46)12-8-11-30-14-16-34-33-15-13-31-28-32(17-19-40(31,4)35(33)18-20-39(30,34)3)44-26-10-25-43-23-7-6-22-42-24-9-21-41/h29-36,42-44H,6-28,41H2,1-5H3,(H,45,46). The van der Waals surface area contributed by atoms with Crippen molar-refractivity contribution < 1.29 is 14.3 Å². The molecule has 4 aliphatic rings. The topological polar surface area (TPSA) is 118 Å². The van der Waals surface area contributed by atoms with Gasteiger partial charge in [0, 0.05) is 12.5 Å². The van der Waals surface area contributed by atoms with Crippen LogP contribution in [0, 0.1) is 46.3 Å². The van der Waals surface area contributed by atoms with Gasteiger partial charge in [-0.3, -0.25) is 4.79 Å². The Bertz CT molecular complexity index is 979. The summed E-state index contributed by atoms with van der Waals surface area (Å²) >= 11 is 0. The molecule has 0 aromatic heterocycles. The molecule has 48 heavy (non-hydrogen) atoms. The average molecular weight is 674 g/mol. The third-order valence-electron chi connectivity index (χ3n) is 13.8. The molecule has 4 saturated carbocycles. The lowest BCUT2D eigenvalue weighted by Gasteiger charge is -2.61. The molecule has 0 aromatic rings. The Labute approximate surface area is 294 Å². The van der Waals surface area contributed by atoms with E-state index in [1.807, 2.05) is 0 Å². The monoisotopic (exact) mass is 674 g/mol. The summed E-state index contributed by atoms with van der Waals surface area (Å²) in [5.41, 5.74) is 6.50. The van der Waals surface area contributed by atoms with Crippen molar-refractivity contribution in [3.63, 3.8) is 0 Å². The number of fused-ring (bicyclic) bond motifs is 5. The smallest absolute Gasteiger partial charge is 0.328 e. The summed E-state index contributed by atoms with van der Waals surface area (Å²) in [6.45, 7) is 15.8. The minimum absolute atomic E-state index is 0.00346. The van der Waals surface area contributed by atoms with Crippen molar-refractivity contribution in [1.29, 1.82) is 0 Å². The van der Waals surface area contributed by atoms with Gasteiger partial charge in [0.25, 0.3) is 0 Å². The van der Waals surface area contributed by atoms with Crippen LogP contribution >= 0.6 is 0 Å². The van der Waals surface area contributed by atoms with Crippen LogP contribution < -0.4 is 27.0 Å². The van der Waals surface area contributed by atoms with Crippen LogP contribution in [0.2, 0.25) is 0 Å². The highest BCUT2D eigenvalue weighted by Crippen LogP contribution is 2.67. The van der Waals surface area contributed by atoms with Crippen LogP contribution in [0.4, 0.5) is 0 Å². The summed E-state index contributed by atoms with van der Waals surface area (Å²) in [5.74, 6) is 4.25. The molecule has 9 atom stereocenters. The van der Waals surface area contributed by atoms with E-state index < -0.39 is 6.04 Å². The zero-order valence-corrected chi connectivity index (χ0v) is 31.7. The molecule has 0 heterocycles. The van der Waals surface area contributed by atoms with Gasteiger partial charge in [0.05, 0.1) is 7.11 Å². The van der Waals surface area contributed by atoms with Gasteiger partial charge in [-0.15, -0.1) is 0 Å².